The molecule has 2 rings (SSSR count). The fourth-order valence-corrected chi connectivity index (χ4v) is 2.91. The smallest absolute Gasteiger partial charge is 0.159 e. The Bertz CT molecular complexity index is 575. The Morgan fingerprint density at radius 3 is 2.44 bits per heavy atom. The first-order chi connectivity index (χ1) is 8.60. The van der Waals surface area contributed by atoms with Crippen molar-refractivity contribution in [2.75, 3.05) is 0 Å². The largest absolute Gasteiger partial charge is 0.392 e. The average molecular weight is 331 g/mol. The number of aliphatic hydroxyl groups is 1. The molecule has 0 spiro atoms. The highest BCUT2D eigenvalue weighted by molar-refractivity contribution is 9.10. The van der Waals surface area contributed by atoms with E-state index in [0.29, 0.717) is 4.90 Å². The molecule has 0 aliphatic rings. The molecule has 0 aliphatic heterocycles. The lowest BCUT2D eigenvalue weighted by Crippen LogP contribution is -1.86. The van der Waals surface area contributed by atoms with E-state index < -0.39 is 11.6 Å². The number of halogens is 3. The van der Waals surface area contributed by atoms with Gasteiger partial charge in [0.15, 0.2) is 11.6 Å². The third-order valence-corrected chi connectivity index (χ3v) is 4.28. The summed E-state index contributed by atoms with van der Waals surface area (Å²) in [6.07, 6.45) is 0. The second kappa shape index (κ2) is 5.82. The summed E-state index contributed by atoms with van der Waals surface area (Å²) in [6.45, 7) is -0.0330. The Morgan fingerprint density at radius 1 is 1.06 bits per heavy atom. The van der Waals surface area contributed by atoms with Crippen molar-refractivity contribution in [1.29, 1.82) is 0 Å². The van der Waals surface area contributed by atoms with Crippen molar-refractivity contribution in [3.8, 4) is 0 Å². The van der Waals surface area contributed by atoms with E-state index in [2.05, 4.69) is 15.9 Å². The average Bonchev–Trinajstić information content (AvgIpc) is 2.36. The molecule has 0 aliphatic carbocycles. The molecular weight excluding hydrogens is 322 g/mol. The van der Waals surface area contributed by atoms with Crippen LogP contribution in [0.4, 0.5) is 8.78 Å². The predicted molar refractivity (Wildman–Crippen MR) is 70.5 cm³/mol. The molecule has 0 aromatic heterocycles. The van der Waals surface area contributed by atoms with Gasteiger partial charge in [0.2, 0.25) is 0 Å². The zero-order valence-electron chi connectivity index (χ0n) is 9.16. The summed E-state index contributed by atoms with van der Waals surface area (Å²) in [6, 6.07) is 9.19. The van der Waals surface area contributed by atoms with Gasteiger partial charge in [-0.2, -0.15) is 0 Å². The summed E-state index contributed by atoms with van der Waals surface area (Å²) < 4.78 is 26.7. The molecule has 2 aromatic carbocycles. The number of aliphatic hydroxyl groups excluding tert-OH is 1. The van der Waals surface area contributed by atoms with Gasteiger partial charge in [0.25, 0.3) is 0 Å². The van der Waals surface area contributed by atoms with E-state index in [1.54, 1.807) is 12.1 Å². The molecule has 0 heterocycles. The maximum Gasteiger partial charge on any atom is 0.159 e. The third kappa shape index (κ3) is 3.10. The topological polar surface area (TPSA) is 20.2 Å². The van der Waals surface area contributed by atoms with Gasteiger partial charge < -0.3 is 5.11 Å². The van der Waals surface area contributed by atoms with Gasteiger partial charge in [0.1, 0.15) is 0 Å². The van der Waals surface area contributed by atoms with Crippen LogP contribution < -0.4 is 0 Å². The normalized spacial score (nSPS) is 10.7. The number of rotatable bonds is 3. The van der Waals surface area contributed by atoms with Crippen LogP contribution in [0.5, 0.6) is 0 Å². The Hall–Kier alpha value is -0.910. The third-order valence-electron chi connectivity index (χ3n) is 2.30. The molecule has 0 unspecified atom stereocenters. The van der Waals surface area contributed by atoms with Crippen LogP contribution in [0.3, 0.4) is 0 Å². The van der Waals surface area contributed by atoms with Gasteiger partial charge >= 0.3 is 0 Å². The summed E-state index contributed by atoms with van der Waals surface area (Å²) in [4.78, 5) is 1.49. The van der Waals surface area contributed by atoms with E-state index in [9.17, 15) is 8.78 Å². The van der Waals surface area contributed by atoms with E-state index in [1.807, 2.05) is 6.07 Å². The van der Waals surface area contributed by atoms with Gasteiger partial charge in [-0.15, -0.1) is 0 Å². The van der Waals surface area contributed by atoms with Crippen LogP contribution >= 0.6 is 27.7 Å². The van der Waals surface area contributed by atoms with Crippen molar-refractivity contribution >= 4 is 27.7 Å². The lowest BCUT2D eigenvalue weighted by atomic mass is 10.2. The van der Waals surface area contributed by atoms with Crippen LogP contribution in [0, 0.1) is 11.6 Å². The first kappa shape index (κ1) is 13.5. The second-order valence-electron chi connectivity index (χ2n) is 3.60. The van der Waals surface area contributed by atoms with Crippen LogP contribution in [0.15, 0.2) is 50.7 Å². The summed E-state index contributed by atoms with van der Waals surface area (Å²) >= 11 is 4.70. The molecule has 0 saturated carbocycles. The fraction of sp³-hybridized carbons (Fsp3) is 0.0769. The van der Waals surface area contributed by atoms with Gasteiger partial charge in [0, 0.05) is 14.3 Å². The molecule has 0 radical (unpaired) electrons. The van der Waals surface area contributed by atoms with Gasteiger partial charge in [-0.25, -0.2) is 8.78 Å². The molecule has 5 heteroatoms. The van der Waals surface area contributed by atoms with E-state index in [0.717, 1.165) is 27.1 Å². The zero-order chi connectivity index (χ0) is 13.1. The van der Waals surface area contributed by atoms with E-state index in [4.69, 9.17) is 5.11 Å². The van der Waals surface area contributed by atoms with E-state index >= 15 is 0 Å². The van der Waals surface area contributed by atoms with Crippen molar-refractivity contribution in [2.45, 2.75) is 16.4 Å². The van der Waals surface area contributed by atoms with Gasteiger partial charge in [-0.05, 0) is 51.8 Å². The molecule has 18 heavy (non-hydrogen) atoms. The van der Waals surface area contributed by atoms with Crippen molar-refractivity contribution in [1.82, 2.24) is 0 Å². The highest BCUT2D eigenvalue weighted by Gasteiger charge is 2.07. The molecule has 94 valence electrons. The maximum atomic E-state index is 13.1. The van der Waals surface area contributed by atoms with Crippen LogP contribution in [-0.4, -0.2) is 5.11 Å². The van der Waals surface area contributed by atoms with Gasteiger partial charge in [-0.3, -0.25) is 0 Å². The summed E-state index contributed by atoms with van der Waals surface area (Å²) in [5, 5.41) is 8.99. The van der Waals surface area contributed by atoms with E-state index in [1.165, 1.54) is 17.8 Å². The molecule has 0 bridgehead atoms. The summed E-state index contributed by atoms with van der Waals surface area (Å²) in [7, 11) is 0. The van der Waals surface area contributed by atoms with Crippen molar-refractivity contribution in [2.24, 2.45) is 0 Å². The maximum absolute atomic E-state index is 13.1. The molecular formula is C13H9BrF2OS. The Morgan fingerprint density at radius 2 is 1.83 bits per heavy atom. The Labute approximate surface area is 116 Å². The molecule has 0 amide bonds. The monoisotopic (exact) mass is 330 g/mol. The fourth-order valence-electron chi connectivity index (χ4n) is 1.39. The zero-order valence-corrected chi connectivity index (χ0v) is 11.6. The molecule has 1 nitrogen and oxygen atoms in total. The SMILES string of the molecule is OCc1ccc(Sc2ccc(F)c(F)c2)c(Br)c1. The minimum Gasteiger partial charge on any atom is -0.392 e. The molecule has 1 N–H and O–H groups in total. The van der Waals surface area contributed by atoms with Crippen LogP contribution in [0.1, 0.15) is 5.56 Å². The number of benzene rings is 2. The van der Waals surface area contributed by atoms with Crippen LogP contribution in [-0.2, 0) is 6.61 Å². The molecule has 0 saturated heterocycles. The number of hydrogen-bond acceptors (Lipinski definition) is 2. The van der Waals surface area contributed by atoms with Crippen LogP contribution in [0.2, 0.25) is 0 Å². The van der Waals surface area contributed by atoms with Gasteiger partial charge in [0.05, 0.1) is 6.61 Å². The first-order valence-electron chi connectivity index (χ1n) is 5.12. The van der Waals surface area contributed by atoms with Crippen molar-refractivity contribution in [3.05, 3.63) is 58.1 Å². The number of hydrogen-bond donors (Lipinski definition) is 1. The minimum atomic E-state index is -0.858. The molecule has 2 aromatic rings. The van der Waals surface area contributed by atoms with Crippen molar-refractivity contribution in [3.63, 3.8) is 0 Å². The van der Waals surface area contributed by atoms with E-state index in [-0.39, 0.29) is 6.61 Å². The highest BCUT2D eigenvalue weighted by Crippen LogP contribution is 2.34. The highest BCUT2D eigenvalue weighted by atomic mass is 79.9. The standard InChI is InChI=1S/C13H9BrF2OS/c14-10-5-8(7-17)1-4-13(10)18-9-2-3-11(15)12(16)6-9/h1-6,17H,7H2. The summed E-state index contributed by atoms with van der Waals surface area (Å²) in [5.74, 6) is -1.71. The minimum absolute atomic E-state index is 0.0330. The lowest BCUT2D eigenvalue weighted by Gasteiger charge is -2.06. The van der Waals surface area contributed by atoms with Crippen LogP contribution in [0.25, 0.3) is 0 Å². The predicted octanol–water partition coefficient (Wildman–Crippen LogP) is 4.37. The lowest BCUT2D eigenvalue weighted by molar-refractivity contribution is 0.281. The summed E-state index contributed by atoms with van der Waals surface area (Å²) in [5.41, 5.74) is 0.788. The second-order valence-corrected chi connectivity index (χ2v) is 5.57. The molecule has 0 fully saturated rings. The van der Waals surface area contributed by atoms with Gasteiger partial charge in [-0.1, -0.05) is 17.8 Å². The first-order valence-corrected chi connectivity index (χ1v) is 6.73. The quantitative estimate of drug-likeness (QED) is 0.901. The Balaban J connectivity index is 2.25. The Kier molecular flexibility index (Phi) is 4.37. The molecule has 0 atom stereocenters. The van der Waals surface area contributed by atoms with Crippen molar-refractivity contribution < 1.29 is 13.9 Å².